The van der Waals surface area contributed by atoms with Gasteiger partial charge in [0.15, 0.2) is 0 Å². The Kier molecular flexibility index (Phi) is 5.05. The van der Waals surface area contributed by atoms with Gasteiger partial charge < -0.3 is 10.2 Å². The Morgan fingerprint density at radius 3 is 2.11 bits per heavy atom. The predicted octanol–water partition coefficient (Wildman–Crippen LogP) is 1.79. The van der Waals surface area contributed by atoms with E-state index >= 15 is 0 Å². The van der Waals surface area contributed by atoms with Crippen molar-refractivity contribution in [3.05, 3.63) is 0 Å². The lowest BCUT2D eigenvalue weighted by Gasteiger charge is -2.22. The Hall–Kier alpha value is -0.120. The fraction of sp³-hybridized carbons (Fsp3) is 1.00. The van der Waals surface area contributed by atoms with Crippen LogP contribution in [0.1, 0.15) is 40.5 Å². The zero-order chi connectivity index (χ0) is 13.1. The highest BCUT2D eigenvalue weighted by atomic mass is 15.2. The zero-order valence-corrected chi connectivity index (χ0v) is 12.7. The number of nitrogens with one attached hydrogen (secondary N) is 1. The second-order valence-electron chi connectivity index (χ2n) is 6.73. The smallest absolute Gasteiger partial charge is 0.0207 e. The molecule has 0 aromatic carbocycles. The predicted molar refractivity (Wildman–Crippen MR) is 77.9 cm³/mol. The van der Waals surface area contributed by atoms with E-state index < -0.39 is 0 Å². The maximum absolute atomic E-state index is 3.80. The summed E-state index contributed by atoms with van der Waals surface area (Å²) in [5, 5.41) is 3.80. The third-order valence-corrected chi connectivity index (χ3v) is 4.69. The first-order chi connectivity index (χ1) is 8.56. The third-order valence-electron chi connectivity index (χ3n) is 4.69. The quantitative estimate of drug-likeness (QED) is 0.806. The van der Waals surface area contributed by atoms with Crippen LogP contribution in [0.25, 0.3) is 0 Å². The Balaban J connectivity index is 1.65. The van der Waals surface area contributed by atoms with Crippen LogP contribution in [0, 0.1) is 5.92 Å². The standard InChI is InChI=1S/C15H31N3/c1-12(2)17-7-5-14(10-17)9-16-15-6-8-18(11-15)13(3)4/h12-16H,5-11H2,1-4H3. The second kappa shape index (κ2) is 6.36. The van der Waals surface area contributed by atoms with Gasteiger partial charge in [0.05, 0.1) is 0 Å². The molecule has 0 aromatic heterocycles. The molecule has 2 atom stereocenters. The van der Waals surface area contributed by atoms with Gasteiger partial charge in [-0.2, -0.15) is 0 Å². The highest BCUT2D eigenvalue weighted by Gasteiger charge is 2.27. The minimum atomic E-state index is 0.708. The second-order valence-corrected chi connectivity index (χ2v) is 6.73. The average Bonchev–Trinajstić information content (AvgIpc) is 2.95. The fourth-order valence-corrected chi connectivity index (χ4v) is 3.25. The van der Waals surface area contributed by atoms with Crippen molar-refractivity contribution >= 4 is 0 Å². The molecular formula is C15H31N3. The van der Waals surface area contributed by atoms with E-state index in [0.717, 1.165) is 18.0 Å². The molecule has 3 nitrogen and oxygen atoms in total. The minimum absolute atomic E-state index is 0.708. The van der Waals surface area contributed by atoms with Gasteiger partial charge in [-0.05, 0) is 66.1 Å². The van der Waals surface area contributed by atoms with Gasteiger partial charge in [-0.1, -0.05) is 0 Å². The summed E-state index contributed by atoms with van der Waals surface area (Å²) in [6.07, 6.45) is 2.71. The van der Waals surface area contributed by atoms with Gasteiger partial charge in [0, 0.05) is 31.2 Å². The maximum atomic E-state index is 3.80. The third kappa shape index (κ3) is 3.69. The maximum Gasteiger partial charge on any atom is 0.0207 e. The number of hydrogen-bond donors (Lipinski definition) is 1. The van der Waals surface area contributed by atoms with Crippen LogP contribution >= 0.6 is 0 Å². The molecule has 2 fully saturated rings. The van der Waals surface area contributed by atoms with Gasteiger partial charge in [-0.25, -0.2) is 0 Å². The van der Waals surface area contributed by atoms with Gasteiger partial charge in [-0.3, -0.25) is 4.90 Å². The summed E-state index contributed by atoms with van der Waals surface area (Å²) >= 11 is 0. The summed E-state index contributed by atoms with van der Waals surface area (Å²) in [7, 11) is 0. The molecule has 2 rings (SSSR count). The SMILES string of the molecule is CC(C)N1CCC(CNC2CCN(C(C)C)C2)C1. The summed E-state index contributed by atoms with van der Waals surface area (Å²) in [6.45, 7) is 15.6. The molecule has 0 amide bonds. The van der Waals surface area contributed by atoms with E-state index in [1.807, 2.05) is 0 Å². The van der Waals surface area contributed by atoms with E-state index in [2.05, 4.69) is 42.8 Å². The first-order valence-corrected chi connectivity index (χ1v) is 7.77. The summed E-state index contributed by atoms with van der Waals surface area (Å²) < 4.78 is 0. The van der Waals surface area contributed by atoms with Crippen LogP contribution in [0.3, 0.4) is 0 Å². The van der Waals surface area contributed by atoms with Gasteiger partial charge in [0.2, 0.25) is 0 Å². The Morgan fingerprint density at radius 2 is 1.56 bits per heavy atom. The van der Waals surface area contributed by atoms with Crippen molar-refractivity contribution in [3.63, 3.8) is 0 Å². The van der Waals surface area contributed by atoms with Crippen LogP contribution in [0.4, 0.5) is 0 Å². The normalized spacial score (nSPS) is 31.0. The monoisotopic (exact) mass is 253 g/mol. The van der Waals surface area contributed by atoms with E-state index in [0.29, 0.717) is 6.04 Å². The molecule has 18 heavy (non-hydrogen) atoms. The van der Waals surface area contributed by atoms with E-state index in [9.17, 15) is 0 Å². The van der Waals surface area contributed by atoms with Gasteiger partial charge >= 0.3 is 0 Å². The molecular weight excluding hydrogens is 222 g/mol. The Bertz CT molecular complexity index is 226. The van der Waals surface area contributed by atoms with E-state index in [1.54, 1.807) is 0 Å². The molecule has 0 bridgehead atoms. The molecule has 2 aliphatic rings. The molecule has 2 saturated heterocycles. The molecule has 0 aliphatic carbocycles. The van der Waals surface area contributed by atoms with E-state index in [1.165, 1.54) is 45.6 Å². The largest absolute Gasteiger partial charge is 0.312 e. The summed E-state index contributed by atoms with van der Waals surface area (Å²) in [4.78, 5) is 5.20. The van der Waals surface area contributed by atoms with Gasteiger partial charge in [0.25, 0.3) is 0 Å². The van der Waals surface area contributed by atoms with Crippen LogP contribution in [-0.2, 0) is 0 Å². The number of nitrogens with zero attached hydrogens (tertiary/aromatic N) is 2. The highest BCUT2D eigenvalue weighted by Crippen LogP contribution is 2.19. The summed E-state index contributed by atoms with van der Waals surface area (Å²) in [5.74, 6) is 0.875. The van der Waals surface area contributed by atoms with Crippen molar-refractivity contribution in [3.8, 4) is 0 Å². The molecule has 106 valence electrons. The van der Waals surface area contributed by atoms with Crippen molar-refractivity contribution in [1.29, 1.82) is 0 Å². The number of rotatable bonds is 5. The Morgan fingerprint density at radius 1 is 0.944 bits per heavy atom. The topological polar surface area (TPSA) is 18.5 Å². The van der Waals surface area contributed by atoms with Gasteiger partial charge in [-0.15, -0.1) is 0 Å². The van der Waals surface area contributed by atoms with Crippen molar-refractivity contribution in [2.45, 2.75) is 58.7 Å². The lowest BCUT2D eigenvalue weighted by atomic mass is 10.1. The molecule has 0 aromatic rings. The summed E-state index contributed by atoms with van der Waals surface area (Å²) in [6, 6.07) is 2.16. The van der Waals surface area contributed by atoms with Crippen LogP contribution < -0.4 is 5.32 Å². The van der Waals surface area contributed by atoms with Crippen molar-refractivity contribution in [2.75, 3.05) is 32.7 Å². The lowest BCUT2D eigenvalue weighted by Crippen LogP contribution is -2.38. The van der Waals surface area contributed by atoms with Crippen LogP contribution in [0.15, 0.2) is 0 Å². The van der Waals surface area contributed by atoms with Crippen molar-refractivity contribution in [2.24, 2.45) is 5.92 Å². The zero-order valence-electron chi connectivity index (χ0n) is 12.7. The molecule has 2 heterocycles. The molecule has 1 N–H and O–H groups in total. The molecule has 3 heteroatoms. The van der Waals surface area contributed by atoms with Crippen LogP contribution in [-0.4, -0.2) is 60.6 Å². The molecule has 0 saturated carbocycles. The van der Waals surface area contributed by atoms with E-state index in [4.69, 9.17) is 0 Å². The first-order valence-electron chi connectivity index (χ1n) is 7.77. The van der Waals surface area contributed by atoms with Crippen LogP contribution in [0.2, 0.25) is 0 Å². The Labute approximate surface area is 113 Å². The molecule has 0 spiro atoms. The molecule has 2 aliphatic heterocycles. The van der Waals surface area contributed by atoms with E-state index in [-0.39, 0.29) is 0 Å². The number of hydrogen-bond acceptors (Lipinski definition) is 3. The van der Waals surface area contributed by atoms with Gasteiger partial charge in [0.1, 0.15) is 0 Å². The first kappa shape index (κ1) is 14.3. The lowest BCUT2D eigenvalue weighted by molar-refractivity contribution is 0.257. The minimum Gasteiger partial charge on any atom is -0.312 e. The molecule has 0 radical (unpaired) electrons. The number of likely N-dealkylation sites (tertiary alicyclic amines) is 2. The highest BCUT2D eigenvalue weighted by molar-refractivity contribution is 4.85. The van der Waals surface area contributed by atoms with Crippen LogP contribution in [0.5, 0.6) is 0 Å². The summed E-state index contributed by atoms with van der Waals surface area (Å²) in [5.41, 5.74) is 0. The van der Waals surface area contributed by atoms with Crippen molar-refractivity contribution in [1.82, 2.24) is 15.1 Å². The molecule has 2 unspecified atom stereocenters. The average molecular weight is 253 g/mol. The van der Waals surface area contributed by atoms with Crippen molar-refractivity contribution < 1.29 is 0 Å². The fourth-order valence-electron chi connectivity index (χ4n) is 3.25.